The van der Waals surface area contributed by atoms with E-state index in [4.69, 9.17) is 16.3 Å². The molecule has 7 nitrogen and oxygen atoms in total. The fourth-order valence-electron chi connectivity index (χ4n) is 1.71. The van der Waals surface area contributed by atoms with Gasteiger partial charge in [-0.2, -0.15) is 4.31 Å². The minimum atomic E-state index is -3.88. The van der Waals surface area contributed by atoms with Gasteiger partial charge in [0.25, 0.3) is 5.69 Å². The molecule has 0 saturated carbocycles. The Bertz CT molecular complexity index is 598. The summed E-state index contributed by atoms with van der Waals surface area (Å²) in [4.78, 5) is 9.76. The highest BCUT2D eigenvalue weighted by atomic mass is 35.5. The maximum absolute atomic E-state index is 12.3. The summed E-state index contributed by atoms with van der Waals surface area (Å²) in [5, 5.41) is 10.7. The normalized spacial score (nSPS) is 17.3. The first-order chi connectivity index (χ1) is 8.93. The van der Waals surface area contributed by atoms with Gasteiger partial charge in [-0.05, 0) is 12.5 Å². The monoisotopic (exact) mass is 306 g/mol. The maximum atomic E-state index is 12.3. The molecule has 0 N–H and O–H groups in total. The zero-order valence-corrected chi connectivity index (χ0v) is 11.4. The summed E-state index contributed by atoms with van der Waals surface area (Å²) in [6, 6.07) is 3.33. The molecule has 0 aromatic heterocycles. The molecule has 0 atom stereocenters. The van der Waals surface area contributed by atoms with E-state index in [0.717, 1.165) is 16.4 Å². The number of nitrogens with zero attached hydrogens (tertiary/aromatic N) is 2. The van der Waals surface area contributed by atoms with Crippen LogP contribution in [0.2, 0.25) is 5.02 Å². The molecular weight excluding hydrogens is 296 g/mol. The summed E-state index contributed by atoms with van der Waals surface area (Å²) in [7, 11) is -3.88. The molecular formula is C10H11ClN2O5S. The smallest absolute Gasteiger partial charge is 0.270 e. The fourth-order valence-corrected chi connectivity index (χ4v) is 3.56. The first-order valence-electron chi connectivity index (χ1n) is 5.45. The topological polar surface area (TPSA) is 89.8 Å². The highest BCUT2D eigenvalue weighted by Crippen LogP contribution is 2.29. The Kier molecular flexibility index (Phi) is 4.04. The van der Waals surface area contributed by atoms with Crippen LogP contribution in [0.4, 0.5) is 5.69 Å². The number of nitro benzene ring substituents is 1. The predicted molar refractivity (Wildman–Crippen MR) is 67.4 cm³/mol. The van der Waals surface area contributed by atoms with Crippen LogP contribution in [0.3, 0.4) is 0 Å². The molecule has 1 aromatic carbocycles. The molecule has 0 unspecified atom stereocenters. The molecule has 1 saturated heterocycles. The van der Waals surface area contributed by atoms with Crippen LogP contribution in [0.5, 0.6) is 0 Å². The largest absolute Gasteiger partial charge is 0.365 e. The van der Waals surface area contributed by atoms with Crippen LogP contribution in [0.15, 0.2) is 23.1 Å². The van der Waals surface area contributed by atoms with E-state index in [2.05, 4.69) is 0 Å². The average molecular weight is 307 g/mol. The van der Waals surface area contributed by atoms with Crippen molar-refractivity contribution in [1.82, 2.24) is 4.31 Å². The Morgan fingerprint density at radius 2 is 2.16 bits per heavy atom. The van der Waals surface area contributed by atoms with Gasteiger partial charge in [0.05, 0.1) is 9.95 Å². The number of benzene rings is 1. The molecule has 1 aliphatic heterocycles. The third-order valence-corrected chi connectivity index (χ3v) is 4.98. The molecule has 0 aliphatic carbocycles. The second-order valence-corrected chi connectivity index (χ2v) is 6.26. The van der Waals surface area contributed by atoms with Crippen LogP contribution in [-0.2, 0) is 14.8 Å². The maximum Gasteiger partial charge on any atom is 0.270 e. The summed E-state index contributed by atoms with van der Waals surface area (Å²) in [5.41, 5.74) is -0.319. The highest BCUT2D eigenvalue weighted by Gasteiger charge is 2.29. The quantitative estimate of drug-likeness (QED) is 0.625. The predicted octanol–water partition coefficient (Wildman–Crippen LogP) is 1.62. The highest BCUT2D eigenvalue weighted by molar-refractivity contribution is 7.89. The molecule has 0 bridgehead atoms. The Balaban J connectivity index is 2.44. The minimum Gasteiger partial charge on any atom is -0.365 e. The fraction of sp³-hybridized carbons (Fsp3) is 0.400. The van der Waals surface area contributed by atoms with Crippen molar-refractivity contribution >= 4 is 27.3 Å². The van der Waals surface area contributed by atoms with Gasteiger partial charge in [0, 0.05) is 25.3 Å². The van der Waals surface area contributed by atoms with E-state index >= 15 is 0 Å². The Morgan fingerprint density at radius 1 is 1.42 bits per heavy atom. The molecule has 9 heteroatoms. The first-order valence-corrected chi connectivity index (χ1v) is 7.26. The Hall–Kier alpha value is -1.22. The molecule has 2 rings (SSSR count). The van der Waals surface area contributed by atoms with E-state index in [1.54, 1.807) is 0 Å². The van der Waals surface area contributed by atoms with Crippen molar-refractivity contribution in [2.75, 3.05) is 19.9 Å². The van der Waals surface area contributed by atoms with Gasteiger partial charge < -0.3 is 4.74 Å². The zero-order chi connectivity index (χ0) is 14.0. The van der Waals surface area contributed by atoms with Crippen molar-refractivity contribution in [3.8, 4) is 0 Å². The lowest BCUT2D eigenvalue weighted by atomic mass is 10.3. The molecule has 1 aliphatic rings. The van der Waals surface area contributed by atoms with Crippen molar-refractivity contribution in [3.05, 3.63) is 33.3 Å². The Morgan fingerprint density at radius 3 is 2.74 bits per heavy atom. The van der Waals surface area contributed by atoms with Crippen molar-refractivity contribution in [2.45, 2.75) is 11.3 Å². The van der Waals surface area contributed by atoms with Gasteiger partial charge in [0.1, 0.15) is 11.6 Å². The zero-order valence-electron chi connectivity index (χ0n) is 9.78. The molecule has 0 radical (unpaired) electrons. The van der Waals surface area contributed by atoms with Crippen molar-refractivity contribution in [1.29, 1.82) is 0 Å². The third-order valence-electron chi connectivity index (χ3n) is 2.67. The van der Waals surface area contributed by atoms with E-state index in [0.29, 0.717) is 19.6 Å². The number of ether oxygens (including phenoxy) is 1. The standard InChI is InChI=1S/C10H11ClN2O5S/c11-9-3-2-8(13(14)15)6-10(9)19(16,17)12-4-1-5-18-7-12/h2-3,6H,1,4-5,7H2. The van der Waals surface area contributed by atoms with E-state index in [9.17, 15) is 18.5 Å². The Labute approximate surface area is 114 Å². The molecule has 19 heavy (non-hydrogen) atoms. The van der Waals surface area contributed by atoms with Crippen LogP contribution in [0, 0.1) is 10.1 Å². The van der Waals surface area contributed by atoms with E-state index in [1.807, 2.05) is 0 Å². The van der Waals surface area contributed by atoms with Crippen LogP contribution >= 0.6 is 11.6 Å². The molecule has 104 valence electrons. The molecule has 0 amide bonds. The SMILES string of the molecule is O=[N+]([O-])c1ccc(Cl)c(S(=O)(=O)N2CCCOC2)c1. The van der Waals surface area contributed by atoms with Crippen molar-refractivity contribution in [3.63, 3.8) is 0 Å². The van der Waals surface area contributed by atoms with E-state index < -0.39 is 14.9 Å². The lowest BCUT2D eigenvalue weighted by Gasteiger charge is -2.26. The lowest BCUT2D eigenvalue weighted by molar-refractivity contribution is -0.385. The van der Waals surface area contributed by atoms with Gasteiger partial charge in [-0.15, -0.1) is 0 Å². The summed E-state index contributed by atoms with van der Waals surface area (Å²) >= 11 is 5.84. The van der Waals surface area contributed by atoms with E-state index in [1.165, 1.54) is 6.07 Å². The first kappa shape index (κ1) is 14.2. The van der Waals surface area contributed by atoms with Crippen LogP contribution in [-0.4, -0.2) is 37.5 Å². The van der Waals surface area contributed by atoms with Crippen LogP contribution in [0.25, 0.3) is 0 Å². The van der Waals surface area contributed by atoms with Gasteiger partial charge in [-0.3, -0.25) is 10.1 Å². The minimum absolute atomic E-state index is 0.0452. The third kappa shape index (κ3) is 2.86. The van der Waals surface area contributed by atoms with Gasteiger partial charge in [-0.25, -0.2) is 8.42 Å². The average Bonchev–Trinajstić information content (AvgIpc) is 2.39. The number of non-ortho nitro benzene ring substituents is 1. The molecule has 1 fully saturated rings. The summed E-state index contributed by atoms with van der Waals surface area (Å²) in [5.74, 6) is 0. The van der Waals surface area contributed by atoms with Gasteiger partial charge in [0.15, 0.2) is 0 Å². The number of halogens is 1. The van der Waals surface area contributed by atoms with Gasteiger partial charge in [-0.1, -0.05) is 11.6 Å². The lowest BCUT2D eigenvalue weighted by Crippen LogP contribution is -2.38. The molecule has 0 spiro atoms. The molecule has 1 aromatic rings. The number of sulfonamides is 1. The second-order valence-electron chi connectivity index (χ2n) is 3.94. The number of nitro groups is 1. The second kappa shape index (κ2) is 5.41. The van der Waals surface area contributed by atoms with Gasteiger partial charge >= 0.3 is 0 Å². The summed E-state index contributed by atoms with van der Waals surface area (Å²) in [6.07, 6.45) is 0.575. The number of hydrogen-bond donors (Lipinski definition) is 0. The van der Waals surface area contributed by atoms with Crippen molar-refractivity contribution in [2.24, 2.45) is 0 Å². The van der Waals surface area contributed by atoms with Crippen molar-refractivity contribution < 1.29 is 18.1 Å². The number of rotatable bonds is 3. The summed E-state index contributed by atoms with van der Waals surface area (Å²) in [6.45, 7) is 0.734. The van der Waals surface area contributed by atoms with Crippen LogP contribution in [0.1, 0.15) is 6.42 Å². The summed E-state index contributed by atoms with van der Waals surface area (Å²) < 4.78 is 30.8. The van der Waals surface area contributed by atoms with Crippen LogP contribution < -0.4 is 0 Å². The molecule has 1 heterocycles. The van der Waals surface area contributed by atoms with E-state index in [-0.39, 0.29) is 22.3 Å². The number of hydrogen-bond acceptors (Lipinski definition) is 5. The van der Waals surface area contributed by atoms with Gasteiger partial charge in [0.2, 0.25) is 10.0 Å².